The Morgan fingerprint density at radius 2 is 1.96 bits per heavy atom. The molecule has 128 valence electrons. The van der Waals surface area contributed by atoms with Crippen LogP contribution in [0.2, 0.25) is 0 Å². The van der Waals surface area contributed by atoms with E-state index in [-0.39, 0.29) is 11.6 Å². The molecule has 0 radical (unpaired) electrons. The maximum absolute atomic E-state index is 13.5. The van der Waals surface area contributed by atoms with Crippen molar-refractivity contribution < 1.29 is 14.0 Å². The van der Waals surface area contributed by atoms with E-state index in [9.17, 15) is 14.0 Å². The zero-order valence-corrected chi connectivity index (χ0v) is 14.4. The van der Waals surface area contributed by atoms with Crippen LogP contribution >= 0.6 is 11.3 Å². The van der Waals surface area contributed by atoms with E-state index in [1.165, 1.54) is 17.0 Å². The van der Waals surface area contributed by atoms with E-state index in [1.54, 1.807) is 30.4 Å². The van der Waals surface area contributed by atoms with Crippen LogP contribution in [0.1, 0.15) is 31.1 Å². The highest BCUT2D eigenvalue weighted by molar-refractivity contribution is 7.09. The topological polar surface area (TPSA) is 58.2 Å². The Balaban J connectivity index is 1.68. The largest absolute Gasteiger partial charge is 0.345 e. The zero-order chi connectivity index (χ0) is 17.4. The summed E-state index contributed by atoms with van der Waals surface area (Å²) in [5.41, 5.74) is 0.111. The number of carbonyl (C=O) groups is 2. The average Bonchev–Trinajstić information content (AvgIpc) is 3.07. The Kier molecular flexibility index (Phi) is 6.93. The Labute approximate surface area is 145 Å². The summed E-state index contributed by atoms with van der Waals surface area (Å²) < 4.78 is 13.5. The van der Waals surface area contributed by atoms with Crippen molar-refractivity contribution in [3.8, 4) is 0 Å². The van der Waals surface area contributed by atoms with E-state index >= 15 is 0 Å². The molecular formula is C18H21FN2O2S. The van der Waals surface area contributed by atoms with Crippen LogP contribution < -0.4 is 10.6 Å². The summed E-state index contributed by atoms with van der Waals surface area (Å²) in [5.74, 6) is -1.11. The Bertz CT molecular complexity index is 673. The molecular weight excluding hydrogens is 327 g/mol. The van der Waals surface area contributed by atoms with Crippen molar-refractivity contribution in [1.29, 1.82) is 0 Å². The number of anilines is 1. The van der Waals surface area contributed by atoms with Gasteiger partial charge in [-0.15, -0.1) is 11.3 Å². The van der Waals surface area contributed by atoms with Gasteiger partial charge in [0.1, 0.15) is 11.9 Å². The van der Waals surface area contributed by atoms with Crippen molar-refractivity contribution in [3.05, 3.63) is 52.5 Å². The third-order valence-electron chi connectivity index (χ3n) is 3.56. The number of rotatable bonds is 8. The first-order valence-corrected chi connectivity index (χ1v) is 8.81. The lowest BCUT2D eigenvalue weighted by atomic mass is 10.1. The minimum atomic E-state index is -0.714. The fourth-order valence-electron chi connectivity index (χ4n) is 2.22. The van der Waals surface area contributed by atoms with E-state index in [4.69, 9.17) is 0 Å². The first kappa shape index (κ1) is 18.1. The molecule has 24 heavy (non-hydrogen) atoms. The van der Waals surface area contributed by atoms with Gasteiger partial charge < -0.3 is 10.6 Å². The molecule has 2 aromatic rings. The maximum Gasteiger partial charge on any atom is 0.246 e. The summed E-state index contributed by atoms with van der Waals surface area (Å²) in [6.45, 7) is 1.58. The number of unbranched alkanes of at least 4 members (excludes halogenated alkanes) is 1. The smallest absolute Gasteiger partial charge is 0.246 e. The quantitative estimate of drug-likeness (QED) is 0.714. The number of nitrogens with one attached hydrogen (secondary N) is 2. The molecule has 0 saturated carbocycles. The number of thiophene rings is 1. The van der Waals surface area contributed by atoms with E-state index in [2.05, 4.69) is 16.7 Å². The highest BCUT2D eigenvalue weighted by Crippen LogP contribution is 2.13. The average molecular weight is 348 g/mol. The van der Waals surface area contributed by atoms with Gasteiger partial charge in [0, 0.05) is 11.3 Å². The number of carbonyl (C=O) groups excluding carboxylic acids is 2. The molecule has 0 aliphatic rings. The first-order chi connectivity index (χ1) is 11.6. The van der Waals surface area contributed by atoms with Gasteiger partial charge in [-0.2, -0.15) is 0 Å². The zero-order valence-electron chi connectivity index (χ0n) is 13.5. The van der Waals surface area contributed by atoms with Crippen LogP contribution in [0.5, 0.6) is 0 Å². The van der Waals surface area contributed by atoms with Gasteiger partial charge in [0.25, 0.3) is 0 Å². The monoisotopic (exact) mass is 348 g/mol. The lowest BCUT2D eigenvalue weighted by molar-refractivity contribution is -0.126. The molecule has 6 heteroatoms. The van der Waals surface area contributed by atoms with Gasteiger partial charge >= 0.3 is 0 Å². The number of hydrogen-bond donors (Lipinski definition) is 2. The van der Waals surface area contributed by atoms with Crippen molar-refractivity contribution in [2.24, 2.45) is 0 Å². The summed E-state index contributed by atoms with van der Waals surface area (Å²) in [4.78, 5) is 25.2. The molecule has 0 spiro atoms. The number of amides is 2. The molecule has 2 amide bonds. The maximum atomic E-state index is 13.5. The van der Waals surface area contributed by atoms with Gasteiger partial charge in [0.2, 0.25) is 11.8 Å². The van der Waals surface area contributed by atoms with Gasteiger partial charge in [-0.1, -0.05) is 18.2 Å². The molecule has 1 aromatic heterocycles. The van der Waals surface area contributed by atoms with Crippen LogP contribution in [0, 0.1) is 5.82 Å². The SMILES string of the molecule is CC(NC(=O)CCCCc1cccs1)C(=O)Nc1ccccc1F. The lowest BCUT2D eigenvalue weighted by Crippen LogP contribution is -2.41. The lowest BCUT2D eigenvalue weighted by Gasteiger charge is -2.14. The van der Waals surface area contributed by atoms with Crippen molar-refractivity contribution >= 4 is 28.8 Å². The van der Waals surface area contributed by atoms with Gasteiger partial charge in [-0.05, 0) is 49.8 Å². The Morgan fingerprint density at radius 3 is 2.67 bits per heavy atom. The normalized spacial score (nSPS) is 11.8. The van der Waals surface area contributed by atoms with Crippen LogP contribution in [0.4, 0.5) is 10.1 Å². The van der Waals surface area contributed by atoms with Crippen molar-refractivity contribution in [3.63, 3.8) is 0 Å². The molecule has 2 N–H and O–H groups in total. The van der Waals surface area contributed by atoms with Crippen LogP contribution in [0.3, 0.4) is 0 Å². The minimum Gasteiger partial charge on any atom is -0.345 e. The number of hydrogen-bond acceptors (Lipinski definition) is 3. The third-order valence-corrected chi connectivity index (χ3v) is 4.50. The van der Waals surface area contributed by atoms with Crippen molar-refractivity contribution in [2.75, 3.05) is 5.32 Å². The van der Waals surface area contributed by atoms with Gasteiger partial charge in [0.05, 0.1) is 5.69 Å². The second-order valence-corrected chi connectivity index (χ2v) is 6.58. The predicted molar refractivity (Wildman–Crippen MR) is 94.5 cm³/mol. The molecule has 0 bridgehead atoms. The Hall–Kier alpha value is -2.21. The van der Waals surface area contributed by atoms with Gasteiger partial charge in [-0.3, -0.25) is 9.59 Å². The number of benzene rings is 1. The molecule has 1 atom stereocenters. The summed E-state index contributed by atoms with van der Waals surface area (Å²) in [6.07, 6.45) is 3.05. The number of halogens is 1. The summed E-state index contributed by atoms with van der Waals surface area (Å²) in [6, 6.07) is 9.32. The molecule has 1 aromatic carbocycles. The second-order valence-electron chi connectivity index (χ2n) is 5.54. The van der Waals surface area contributed by atoms with Crippen LogP contribution in [-0.2, 0) is 16.0 Å². The van der Waals surface area contributed by atoms with Crippen molar-refractivity contribution in [2.45, 2.75) is 38.6 Å². The second kappa shape index (κ2) is 9.17. The van der Waals surface area contributed by atoms with Crippen molar-refractivity contribution in [1.82, 2.24) is 5.32 Å². The molecule has 1 heterocycles. The summed E-state index contributed by atoms with van der Waals surface area (Å²) in [7, 11) is 0. The van der Waals surface area contributed by atoms with Gasteiger partial charge in [0.15, 0.2) is 0 Å². The Morgan fingerprint density at radius 1 is 1.17 bits per heavy atom. The molecule has 2 rings (SSSR count). The number of aryl methyl sites for hydroxylation is 1. The molecule has 1 unspecified atom stereocenters. The molecule has 0 aliphatic carbocycles. The highest BCUT2D eigenvalue weighted by atomic mass is 32.1. The van der Waals surface area contributed by atoms with E-state index in [0.717, 1.165) is 19.3 Å². The van der Waals surface area contributed by atoms with E-state index in [0.29, 0.717) is 6.42 Å². The van der Waals surface area contributed by atoms with Crippen LogP contribution in [-0.4, -0.2) is 17.9 Å². The third kappa shape index (κ3) is 5.77. The summed E-state index contributed by atoms with van der Waals surface area (Å²) in [5, 5.41) is 7.16. The standard InChI is InChI=1S/C18H21FN2O2S/c1-13(18(23)21-16-10-4-3-9-15(16)19)20-17(22)11-5-2-7-14-8-6-12-24-14/h3-4,6,8-10,12-13H,2,5,7,11H2,1H3,(H,20,22)(H,21,23). The van der Waals surface area contributed by atoms with E-state index in [1.807, 2.05) is 11.4 Å². The van der Waals surface area contributed by atoms with E-state index < -0.39 is 17.8 Å². The van der Waals surface area contributed by atoms with Crippen LogP contribution in [0.15, 0.2) is 41.8 Å². The van der Waals surface area contributed by atoms with Gasteiger partial charge in [-0.25, -0.2) is 4.39 Å². The molecule has 4 nitrogen and oxygen atoms in total. The fourth-order valence-corrected chi connectivity index (χ4v) is 2.97. The fraction of sp³-hybridized carbons (Fsp3) is 0.333. The molecule has 0 fully saturated rings. The van der Waals surface area contributed by atoms with Crippen LogP contribution in [0.25, 0.3) is 0 Å². The highest BCUT2D eigenvalue weighted by Gasteiger charge is 2.16. The molecule has 0 saturated heterocycles. The molecule has 0 aliphatic heterocycles. The first-order valence-electron chi connectivity index (χ1n) is 7.93. The summed E-state index contributed by atoms with van der Waals surface area (Å²) >= 11 is 1.71. The number of para-hydroxylation sites is 1. The minimum absolute atomic E-state index is 0.111. The predicted octanol–water partition coefficient (Wildman–Crippen LogP) is 3.74.